The van der Waals surface area contributed by atoms with Crippen molar-refractivity contribution in [3.8, 4) is 0 Å². The molecule has 2 aromatic rings. The molecule has 0 atom stereocenters. The summed E-state index contributed by atoms with van der Waals surface area (Å²) in [5, 5.41) is 0. The normalized spacial score (nSPS) is 18.2. The van der Waals surface area contributed by atoms with E-state index in [1.165, 1.54) is 12.8 Å². The predicted molar refractivity (Wildman–Crippen MR) is 111 cm³/mol. The van der Waals surface area contributed by atoms with Gasteiger partial charge in [0.2, 0.25) is 11.8 Å². The van der Waals surface area contributed by atoms with Crippen LogP contribution >= 0.6 is 0 Å². The van der Waals surface area contributed by atoms with Crippen molar-refractivity contribution in [2.24, 2.45) is 5.41 Å². The lowest BCUT2D eigenvalue weighted by Gasteiger charge is -2.30. The maximum atomic E-state index is 13.7. The van der Waals surface area contributed by atoms with Gasteiger partial charge in [-0.1, -0.05) is 61.4 Å². The zero-order valence-electron chi connectivity index (χ0n) is 16.3. The van der Waals surface area contributed by atoms with Crippen LogP contribution in [0, 0.1) is 5.41 Å². The van der Waals surface area contributed by atoms with Crippen LogP contribution in [0.4, 0.5) is 5.69 Å². The fourth-order valence-electron chi connectivity index (χ4n) is 4.13. The molecule has 1 aliphatic carbocycles. The number of nitrogens with zero attached hydrogens (tertiary/aromatic N) is 2. The Balaban J connectivity index is 1.60. The summed E-state index contributed by atoms with van der Waals surface area (Å²) in [7, 11) is 0. The van der Waals surface area contributed by atoms with Crippen LogP contribution in [0.15, 0.2) is 60.7 Å². The second-order valence-corrected chi connectivity index (χ2v) is 8.00. The van der Waals surface area contributed by atoms with Crippen LogP contribution in [0.1, 0.15) is 44.1 Å². The zero-order valence-corrected chi connectivity index (χ0v) is 16.3. The first-order valence-corrected chi connectivity index (χ1v) is 10.4. The topological polar surface area (TPSA) is 40.6 Å². The van der Waals surface area contributed by atoms with E-state index in [0.717, 1.165) is 37.2 Å². The Hall–Kier alpha value is -2.62. The van der Waals surface area contributed by atoms with Crippen molar-refractivity contribution in [3.05, 3.63) is 66.2 Å². The van der Waals surface area contributed by atoms with Crippen molar-refractivity contribution in [3.63, 3.8) is 0 Å². The van der Waals surface area contributed by atoms with Crippen LogP contribution in [0.25, 0.3) is 0 Å². The Morgan fingerprint density at radius 2 is 1.39 bits per heavy atom. The van der Waals surface area contributed by atoms with Crippen LogP contribution in [0.3, 0.4) is 0 Å². The molecule has 4 rings (SSSR count). The minimum atomic E-state index is -0.852. The summed E-state index contributed by atoms with van der Waals surface area (Å²) in [6.07, 6.45) is 5.77. The fraction of sp³-hybridized carbons (Fsp3) is 0.417. The lowest BCUT2D eigenvalue weighted by Crippen LogP contribution is -2.47. The molecule has 2 aromatic carbocycles. The second kappa shape index (κ2) is 8.17. The van der Waals surface area contributed by atoms with Crippen molar-refractivity contribution in [2.45, 2.75) is 45.1 Å². The maximum absolute atomic E-state index is 13.7. The number of amides is 2. The summed E-state index contributed by atoms with van der Waals surface area (Å²) < 4.78 is 0. The number of anilines is 1. The lowest BCUT2D eigenvalue weighted by molar-refractivity contribution is -0.143. The smallest absolute Gasteiger partial charge is 0.242 e. The molecule has 146 valence electrons. The van der Waals surface area contributed by atoms with Gasteiger partial charge in [0.25, 0.3) is 0 Å². The summed E-state index contributed by atoms with van der Waals surface area (Å²) >= 11 is 0. The molecular formula is C24H28N2O2. The molecule has 0 unspecified atom stereocenters. The van der Waals surface area contributed by atoms with Gasteiger partial charge in [-0.05, 0) is 43.4 Å². The van der Waals surface area contributed by atoms with Crippen molar-refractivity contribution < 1.29 is 9.59 Å². The average molecular weight is 377 g/mol. The third kappa shape index (κ3) is 3.82. The first-order valence-electron chi connectivity index (χ1n) is 10.4. The summed E-state index contributed by atoms with van der Waals surface area (Å²) in [5.41, 5.74) is 1.07. The van der Waals surface area contributed by atoms with Crippen LogP contribution in [-0.4, -0.2) is 29.8 Å². The number of carbonyl (C=O) groups excluding carboxylic acids is 2. The van der Waals surface area contributed by atoms with Crippen molar-refractivity contribution in [1.82, 2.24) is 4.90 Å². The van der Waals surface area contributed by atoms with Gasteiger partial charge in [-0.25, -0.2) is 0 Å². The largest absolute Gasteiger partial charge is 0.342 e. The quantitative estimate of drug-likeness (QED) is 0.726. The molecule has 0 spiro atoms. The Morgan fingerprint density at radius 1 is 0.821 bits per heavy atom. The van der Waals surface area contributed by atoms with E-state index in [0.29, 0.717) is 19.4 Å². The summed E-state index contributed by atoms with van der Waals surface area (Å²) in [6.45, 7) is 2.06. The van der Waals surface area contributed by atoms with Gasteiger partial charge in [0.1, 0.15) is 5.41 Å². The number of para-hydroxylation sites is 1. The summed E-state index contributed by atoms with van der Waals surface area (Å²) in [4.78, 5) is 30.8. The second-order valence-electron chi connectivity index (χ2n) is 8.00. The Labute approximate surface area is 167 Å². The van der Waals surface area contributed by atoms with E-state index in [9.17, 15) is 9.59 Å². The fourth-order valence-corrected chi connectivity index (χ4v) is 4.13. The molecular weight excluding hydrogens is 348 g/mol. The van der Waals surface area contributed by atoms with E-state index in [-0.39, 0.29) is 11.8 Å². The minimum Gasteiger partial charge on any atom is -0.342 e. The van der Waals surface area contributed by atoms with Gasteiger partial charge in [-0.2, -0.15) is 0 Å². The highest BCUT2D eigenvalue weighted by Crippen LogP contribution is 2.50. The van der Waals surface area contributed by atoms with E-state index in [1.54, 1.807) is 4.90 Å². The number of benzene rings is 2. The van der Waals surface area contributed by atoms with Gasteiger partial charge in [-0.15, -0.1) is 0 Å². The molecule has 4 nitrogen and oxygen atoms in total. The molecule has 0 radical (unpaired) electrons. The molecule has 2 fully saturated rings. The maximum Gasteiger partial charge on any atom is 0.242 e. The van der Waals surface area contributed by atoms with Crippen LogP contribution in [-0.2, 0) is 16.1 Å². The van der Waals surface area contributed by atoms with Gasteiger partial charge in [0, 0.05) is 18.8 Å². The number of hydrogen-bond acceptors (Lipinski definition) is 2. The molecule has 1 saturated carbocycles. The molecule has 28 heavy (non-hydrogen) atoms. The van der Waals surface area contributed by atoms with Crippen molar-refractivity contribution in [1.29, 1.82) is 0 Å². The SMILES string of the molecule is O=C(N1CCCCCC1)C1(C(=O)N(Cc2ccccc2)c2ccccc2)CC1. The van der Waals surface area contributed by atoms with Crippen LogP contribution in [0.2, 0.25) is 0 Å². The molecule has 0 bridgehead atoms. The number of likely N-dealkylation sites (tertiary alicyclic amines) is 1. The standard InChI is InChI=1S/C24H28N2O2/c27-22(25-17-9-1-2-10-18-25)24(15-16-24)23(28)26(21-13-7-4-8-14-21)19-20-11-5-3-6-12-20/h3-8,11-14H,1-2,9-10,15-19H2. The van der Waals surface area contributed by atoms with E-state index in [1.807, 2.05) is 65.6 Å². The van der Waals surface area contributed by atoms with Crippen molar-refractivity contribution >= 4 is 17.5 Å². The number of carbonyl (C=O) groups is 2. The van der Waals surface area contributed by atoms with Crippen LogP contribution in [0.5, 0.6) is 0 Å². The predicted octanol–water partition coefficient (Wildman–Crippen LogP) is 4.40. The Kier molecular flexibility index (Phi) is 5.47. The molecule has 2 amide bonds. The third-order valence-electron chi connectivity index (χ3n) is 5.96. The molecule has 2 aliphatic rings. The van der Waals surface area contributed by atoms with E-state index < -0.39 is 5.41 Å². The van der Waals surface area contributed by atoms with Gasteiger partial charge in [0.05, 0.1) is 6.54 Å². The van der Waals surface area contributed by atoms with Crippen molar-refractivity contribution in [2.75, 3.05) is 18.0 Å². The molecule has 1 aliphatic heterocycles. The monoisotopic (exact) mass is 376 g/mol. The van der Waals surface area contributed by atoms with E-state index >= 15 is 0 Å². The molecule has 1 saturated heterocycles. The molecule has 4 heteroatoms. The van der Waals surface area contributed by atoms with E-state index in [4.69, 9.17) is 0 Å². The Bertz CT molecular complexity index is 807. The first-order chi connectivity index (χ1) is 13.7. The number of hydrogen-bond donors (Lipinski definition) is 0. The highest BCUT2D eigenvalue weighted by molar-refractivity contribution is 6.14. The van der Waals surface area contributed by atoms with Gasteiger partial charge in [-0.3, -0.25) is 9.59 Å². The highest BCUT2D eigenvalue weighted by atomic mass is 16.2. The van der Waals surface area contributed by atoms with Gasteiger partial charge in [0.15, 0.2) is 0 Å². The molecule has 0 aromatic heterocycles. The van der Waals surface area contributed by atoms with E-state index in [2.05, 4.69) is 0 Å². The Morgan fingerprint density at radius 3 is 1.96 bits per heavy atom. The highest BCUT2D eigenvalue weighted by Gasteiger charge is 2.59. The van der Waals surface area contributed by atoms with Gasteiger partial charge < -0.3 is 9.80 Å². The third-order valence-corrected chi connectivity index (χ3v) is 5.96. The summed E-state index contributed by atoms with van der Waals surface area (Å²) in [5.74, 6) is 0.00481. The number of rotatable bonds is 5. The lowest BCUT2D eigenvalue weighted by atomic mass is 10.0. The zero-order chi connectivity index (χ0) is 19.4. The van der Waals surface area contributed by atoms with Gasteiger partial charge >= 0.3 is 0 Å². The first kappa shape index (κ1) is 18.7. The molecule has 1 heterocycles. The van der Waals surface area contributed by atoms with Crippen LogP contribution < -0.4 is 4.90 Å². The molecule has 0 N–H and O–H groups in total. The minimum absolute atomic E-state index is 0.0446. The summed E-state index contributed by atoms with van der Waals surface area (Å²) in [6, 6.07) is 19.7. The average Bonchev–Trinajstić information content (AvgIpc) is 3.57.